The van der Waals surface area contributed by atoms with E-state index in [1.165, 1.54) is 25.7 Å². The summed E-state index contributed by atoms with van der Waals surface area (Å²) in [6.45, 7) is 1.78. The molecule has 120 valence electrons. The van der Waals surface area contributed by atoms with E-state index < -0.39 is 0 Å². The summed E-state index contributed by atoms with van der Waals surface area (Å²) in [6.07, 6.45) is 6.23. The number of aliphatic hydroxyl groups is 1. The molecule has 2 rings (SSSR count). The largest absolute Gasteiger partial charge is 0.393 e. The van der Waals surface area contributed by atoms with Gasteiger partial charge in [-0.2, -0.15) is 0 Å². The van der Waals surface area contributed by atoms with Crippen LogP contribution in [0.2, 0.25) is 0 Å². The predicted octanol–water partition coefficient (Wildman–Crippen LogP) is 0.420. The number of aliphatic hydroxyl groups excluding tert-OH is 1. The Kier molecular flexibility index (Phi) is 5.85. The normalized spacial score (nSPS) is 21.7. The van der Waals surface area contributed by atoms with E-state index in [-0.39, 0.29) is 18.6 Å². The summed E-state index contributed by atoms with van der Waals surface area (Å²) in [5.41, 5.74) is 0. The Labute approximate surface area is 127 Å². The van der Waals surface area contributed by atoms with Crippen molar-refractivity contribution in [2.45, 2.75) is 50.7 Å². The molecular weight excluding hydrogens is 268 g/mol. The first kappa shape index (κ1) is 16.1. The van der Waals surface area contributed by atoms with Crippen molar-refractivity contribution in [3.8, 4) is 0 Å². The van der Waals surface area contributed by atoms with Crippen LogP contribution in [0.3, 0.4) is 0 Å². The van der Waals surface area contributed by atoms with E-state index in [0.29, 0.717) is 6.04 Å². The number of piperidine rings is 1. The van der Waals surface area contributed by atoms with E-state index in [9.17, 15) is 9.90 Å². The number of rotatable bonds is 3. The average Bonchev–Trinajstić information content (AvgIpc) is 2.97. The van der Waals surface area contributed by atoms with Crippen LogP contribution in [0.15, 0.2) is 4.99 Å². The number of carbonyl (C=O) groups excluding carboxylic acids is 1. The molecule has 1 saturated heterocycles. The molecule has 0 aromatic rings. The monoisotopic (exact) mass is 296 g/mol. The van der Waals surface area contributed by atoms with Gasteiger partial charge in [-0.25, -0.2) is 4.99 Å². The van der Waals surface area contributed by atoms with E-state index in [4.69, 9.17) is 0 Å². The van der Waals surface area contributed by atoms with Crippen LogP contribution in [0, 0.1) is 0 Å². The molecule has 0 spiro atoms. The summed E-state index contributed by atoms with van der Waals surface area (Å²) in [6, 6.07) is 0.477. The fourth-order valence-corrected chi connectivity index (χ4v) is 2.85. The van der Waals surface area contributed by atoms with Gasteiger partial charge in [-0.05, 0) is 25.7 Å². The van der Waals surface area contributed by atoms with Crippen molar-refractivity contribution in [2.75, 3.05) is 33.7 Å². The van der Waals surface area contributed by atoms with E-state index in [0.717, 1.165) is 31.9 Å². The lowest BCUT2D eigenvalue weighted by molar-refractivity contribution is -0.127. The Morgan fingerprint density at radius 2 is 1.86 bits per heavy atom. The first-order chi connectivity index (χ1) is 10.1. The van der Waals surface area contributed by atoms with E-state index in [2.05, 4.69) is 15.2 Å². The third kappa shape index (κ3) is 4.88. The van der Waals surface area contributed by atoms with Gasteiger partial charge in [0.05, 0.1) is 6.10 Å². The second kappa shape index (κ2) is 7.64. The zero-order valence-corrected chi connectivity index (χ0v) is 13.2. The summed E-state index contributed by atoms with van der Waals surface area (Å²) in [7, 11) is 3.50. The average molecular weight is 296 g/mol. The van der Waals surface area contributed by atoms with Gasteiger partial charge < -0.3 is 20.2 Å². The van der Waals surface area contributed by atoms with Gasteiger partial charge in [-0.1, -0.05) is 12.8 Å². The van der Waals surface area contributed by atoms with Gasteiger partial charge in [0.15, 0.2) is 5.96 Å². The number of amides is 1. The van der Waals surface area contributed by atoms with Crippen LogP contribution in [0.1, 0.15) is 38.5 Å². The van der Waals surface area contributed by atoms with Crippen molar-refractivity contribution in [3.05, 3.63) is 0 Å². The third-order valence-corrected chi connectivity index (χ3v) is 4.32. The molecule has 1 saturated carbocycles. The number of likely N-dealkylation sites (N-methyl/N-ethyl adjacent to an activating group) is 1. The summed E-state index contributed by atoms with van der Waals surface area (Å²) < 4.78 is 0. The van der Waals surface area contributed by atoms with Crippen molar-refractivity contribution < 1.29 is 9.90 Å². The highest BCUT2D eigenvalue weighted by molar-refractivity contribution is 5.85. The van der Waals surface area contributed by atoms with Crippen molar-refractivity contribution >= 4 is 11.9 Å². The highest BCUT2D eigenvalue weighted by Crippen LogP contribution is 2.18. The van der Waals surface area contributed by atoms with Gasteiger partial charge in [0.25, 0.3) is 0 Å². The second-order valence-corrected chi connectivity index (χ2v) is 6.27. The molecule has 2 N–H and O–H groups in total. The minimum atomic E-state index is -0.197. The Bertz CT molecular complexity index is 370. The van der Waals surface area contributed by atoms with Crippen LogP contribution in [-0.4, -0.2) is 72.6 Å². The standard InChI is InChI=1S/C15H28N4O2/c1-18(2)14(21)11-16-15(17-12-5-3-4-6-12)19-9-7-13(20)8-10-19/h12-13,20H,3-11H2,1-2H3,(H,16,17). The number of carbonyl (C=O) groups is 1. The lowest BCUT2D eigenvalue weighted by Gasteiger charge is -2.33. The summed E-state index contributed by atoms with van der Waals surface area (Å²) in [5, 5.41) is 13.2. The highest BCUT2D eigenvalue weighted by atomic mass is 16.3. The van der Waals surface area contributed by atoms with Crippen molar-refractivity contribution in [3.63, 3.8) is 0 Å². The molecule has 0 bridgehead atoms. The van der Waals surface area contributed by atoms with Crippen LogP contribution in [0.25, 0.3) is 0 Å². The van der Waals surface area contributed by atoms with Gasteiger partial charge in [-0.15, -0.1) is 0 Å². The summed E-state index contributed by atoms with van der Waals surface area (Å²) in [5.74, 6) is 0.849. The molecule has 6 heteroatoms. The zero-order chi connectivity index (χ0) is 15.2. The van der Waals surface area contributed by atoms with E-state index in [1.54, 1.807) is 19.0 Å². The highest BCUT2D eigenvalue weighted by Gasteiger charge is 2.23. The fraction of sp³-hybridized carbons (Fsp3) is 0.867. The van der Waals surface area contributed by atoms with Crippen LogP contribution < -0.4 is 5.32 Å². The fourth-order valence-electron chi connectivity index (χ4n) is 2.85. The molecule has 1 aliphatic carbocycles. The number of nitrogens with zero attached hydrogens (tertiary/aromatic N) is 3. The van der Waals surface area contributed by atoms with Crippen LogP contribution >= 0.6 is 0 Å². The van der Waals surface area contributed by atoms with Gasteiger partial charge in [-0.3, -0.25) is 4.79 Å². The lowest BCUT2D eigenvalue weighted by atomic mass is 10.1. The van der Waals surface area contributed by atoms with Gasteiger partial charge in [0, 0.05) is 33.2 Å². The van der Waals surface area contributed by atoms with Gasteiger partial charge >= 0.3 is 0 Å². The third-order valence-electron chi connectivity index (χ3n) is 4.32. The van der Waals surface area contributed by atoms with Crippen molar-refractivity contribution in [2.24, 2.45) is 4.99 Å². The van der Waals surface area contributed by atoms with Crippen LogP contribution in [-0.2, 0) is 4.79 Å². The maximum absolute atomic E-state index is 11.8. The van der Waals surface area contributed by atoms with Crippen molar-refractivity contribution in [1.29, 1.82) is 0 Å². The molecule has 1 aliphatic heterocycles. The van der Waals surface area contributed by atoms with E-state index in [1.807, 2.05) is 0 Å². The molecular formula is C15H28N4O2. The first-order valence-corrected chi connectivity index (χ1v) is 8.00. The maximum atomic E-state index is 11.8. The molecule has 2 fully saturated rings. The molecule has 0 aromatic carbocycles. The van der Waals surface area contributed by atoms with Crippen molar-refractivity contribution in [1.82, 2.24) is 15.1 Å². The Morgan fingerprint density at radius 1 is 1.24 bits per heavy atom. The number of aliphatic imine (C=N–C) groups is 1. The smallest absolute Gasteiger partial charge is 0.243 e. The molecule has 21 heavy (non-hydrogen) atoms. The van der Waals surface area contributed by atoms with E-state index >= 15 is 0 Å². The Balaban J connectivity index is 1.98. The minimum absolute atomic E-state index is 0.0118. The number of guanidine groups is 1. The summed E-state index contributed by atoms with van der Waals surface area (Å²) >= 11 is 0. The number of hydrogen-bond donors (Lipinski definition) is 2. The van der Waals surface area contributed by atoms with Gasteiger partial charge in [0.2, 0.25) is 5.91 Å². The predicted molar refractivity (Wildman–Crippen MR) is 83.2 cm³/mol. The Morgan fingerprint density at radius 3 is 2.43 bits per heavy atom. The Hall–Kier alpha value is -1.30. The topological polar surface area (TPSA) is 68.2 Å². The molecule has 1 heterocycles. The molecule has 6 nitrogen and oxygen atoms in total. The maximum Gasteiger partial charge on any atom is 0.243 e. The van der Waals surface area contributed by atoms with Crippen LogP contribution in [0.5, 0.6) is 0 Å². The zero-order valence-electron chi connectivity index (χ0n) is 13.2. The van der Waals surface area contributed by atoms with Crippen LogP contribution in [0.4, 0.5) is 0 Å². The van der Waals surface area contributed by atoms with Gasteiger partial charge in [0.1, 0.15) is 6.54 Å². The molecule has 0 atom stereocenters. The number of hydrogen-bond acceptors (Lipinski definition) is 3. The molecule has 0 aromatic heterocycles. The second-order valence-electron chi connectivity index (χ2n) is 6.27. The molecule has 0 radical (unpaired) electrons. The number of likely N-dealkylation sites (tertiary alicyclic amines) is 1. The first-order valence-electron chi connectivity index (χ1n) is 8.00. The molecule has 1 amide bonds. The molecule has 0 unspecified atom stereocenters. The molecule has 2 aliphatic rings. The lowest BCUT2D eigenvalue weighted by Crippen LogP contribution is -2.49. The summed E-state index contributed by atoms with van der Waals surface area (Å²) in [4.78, 5) is 20.0. The quantitative estimate of drug-likeness (QED) is 0.585. The number of nitrogens with one attached hydrogen (secondary N) is 1. The minimum Gasteiger partial charge on any atom is -0.393 e. The SMILES string of the molecule is CN(C)C(=O)CN=C(NC1CCCC1)N1CCC(O)CC1.